The van der Waals surface area contributed by atoms with Crippen molar-refractivity contribution in [3.05, 3.63) is 492 Å². The molecule has 4 heterocycles. The van der Waals surface area contributed by atoms with Gasteiger partial charge >= 0.3 is 0 Å². The summed E-state index contributed by atoms with van der Waals surface area (Å²) in [4.78, 5) is 9.90. The van der Waals surface area contributed by atoms with Crippen molar-refractivity contribution in [2.24, 2.45) is 0 Å². The van der Waals surface area contributed by atoms with Gasteiger partial charge in [-0.15, -0.1) is 0 Å². The zero-order valence-electron chi connectivity index (χ0n) is 72.0. The van der Waals surface area contributed by atoms with Crippen molar-refractivity contribution in [3.8, 4) is 55.6 Å². The average molecular weight is 1690 g/mol. The average Bonchev–Trinajstić information content (AvgIpc) is 1.49. The van der Waals surface area contributed by atoms with Gasteiger partial charge < -0.3 is 37.3 Å². The molecule has 0 aliphatic heterocycles. The van der Waals surface area contributed by atoms with Crippen LogP contribution >= 0.6 is 0 Å². The van der Waals surface area contributed by atoms with Gasteiger partial charge in [-0.3, -0.25) is 0 Å². The molecular formula is C124H78N4O4. The highest BCUT2D eigenvalue weighted by Gasteiger charge is 2.57. The minimum absolute atomic E-state index is 0.783. The molecule has 20 aromatic carbocycles. The van der Waals surface area contributed by atoms with E-state index < -0.39 is 10.8 Å². The number of nitrogens with zero attached hydrogens (tertiary/aromatic N) is 4. The molecule has 132 heavy (non-hydrogen) atoms. The summed E-state index contributed by atoms with van der Waals surface area (Å²) < 4.78 is 30.9. The van der Waals surface area contributed by atoms with Crippen LogP contribution in [0.4, 0.5) is 68.2 Å². The number of anilines is 12. The lowest BCUT2D eigenvalue weighted by atomic mass is 9.70. The Labute approximate surface area is 760 Å². The lowest BCUT2D eigenvalue weighted by molar-refractivity contribution is 0.665. The number of hydrogen-bond acceptors (Lipinski definition) is 8. The van der Waals surface area contributed by atoms with E-state index in [1.807, 2.05) is 0 Å². The van der Waals surface area contributed by atoms with E-state index in [0.29, 0.717) is 0 Å². The number of rotatable bonds is 13. The second-order valence-corrected chi connectivity index (χ2v) is 35.5. The highest BCUT2D eigenvalue weighted by Crippen LogP contribution is 2.71. The Bertz CT molecular complexity index is 8840. The smallest absolute Gasteiger partial charge is 0.145 e. The molecule has 24 aromatic rings. The van der Waals surface area contributed by atoms with E-state index in [9.17, 15) is 0 Å². The zero-order chi connectivity index (χ0) is 86.8. The number of furan rings is 4. The summed E-state index contributed by atoms with van der Waals surface area (Å²) in [5.41, 5.74) is 39.0. The number of fused-ring (bicyclic) bond motifs is 36. The number of para-hydroxylation sites is 10. The second-order valence-electron chi connectivity index (χ2n) is 35.5. The summed E-state index contributed by atoms with van der Waals surface area (Å²) in [5.74, 6) is 0. The Morgan fingerprint density at radius 3 is 0.803 bits per heavy atom. The van der Waals surface area contributed by atoms with Gasteiger partial charge in [-0.2, -0.15) is 0 Å². The van der Waals surface area contributed by atoms with Gasteiger partial charge in [-0.1, -0.05) is 303 Å². The van der Waals surface area contributed by atoms with Crippen molar-refractivity contribution in [1.82, 2.24) is 0 Å². The van der Waals surface area contributed by atoms with Gasteiger partial charge in [0.15, 0.2) is 0 Å². The Morgan fingerprint density at radius 2 is 0.447 bits per heavy atom. The van der Waals surface area contributed by atoms with Gasteiger partial charge in [-0.25, -0.2) is 0 Å². The molecule has 4 aliphatic rings. The van der Waals surface area contributed by atoms with Crippen molar-refractivity contribution in [1.29, 1.82) is 0 Å². The van der Waals surface area contributed by atoms with Crippen molar-refractivity contribution >= 4 is 156 Å². The minimum atomic E-state index is -0.929. The van der Waals surface area contributed by atoms with Crippen LogP contribution in [0.1, 0.15) is 55.6 Å². The molecular weight excluding hydrogens is 1610 g/mol. The predicted molar refractivity (Wildman–Crippen MR) is 542 cm³/mol. The Hall–Kier alpha value is -17.2. The highest BCUT2D eigenvalue weighted by atomic mass is 16.3. The Morgan fingerprint density at radius 1 is 0.189 bits per heavy atom. The third-order valence-electron chi connectivity index (χ3n) is 28.9. The fourth-order valence-corrected chi connectivity index (χ4v) is 23.7. The molecule has 0 N–H and O–H groups in total. The number of hydrogen-bond donors (Lipinski definition) is 0. The molecule has 0 unspecified atom stereocenters. The molecule has 4 aliphatic carbocycles. The summed E-state index contributed by atoms with van der Waals surface area (Å²) in [5, 5.41) is 8.07. The van der Waals surface area contributed by atoms with Crippen LogP contribution in [-0.4, -0.2) is 0 Å². The van der Waals surface area contributed by atoms with Crippen molar-refractivity contribution in [2.75, 3.05) is 19.6 Å². The summed E-state index contributed by atoms with van der Waals surface area (Å²) >= 11 is 0. The fourth-order valence-electron chi connectivity index (χ4n) is 23.7. The fraction of sp³-hybridized carbons (Fsp3) is 0.0323. The van der Waals surface area contributed by atoms with Crippen molar-refractivity contribution < 1.29 is 17.7 Å². The summed E-state index contributed by atoms with van der Waals surface area (Å²) in [6.45, 7) is 4.53. The van der Waals surface area contributed by atoms with E-state index in [1.54, 1.807) is 0 Å². The maximum Gasteiger partial charge on any atom is 0.145 e. The van der Waals surface area contributed by atoms with Crippen LogP contribution in [0.15, 0.2) is 454 Å². The molecule has 0 radical (unpaired) electrons. The lowest BCUT2D eigenvalue weighted by Crippen LogP contribution is -2.26. The first-order valence-corrected chi connectivity index (χ1v) is 45.4. The molecule has 618 valence electrons. The van der Waals surface area contributed by atoms with E-state index in [-0.39, 0.29) is 0 Å². The lowest BCUT2D eigenvalue weighted by Gasteiger charge is -2.34. The van der Waals surface area contributed by atoms with E-state index in [1.165, 1.54) is 44.5 Å². The van der Waals surface area contributed by atoms with Gasteiger partial charge in [0.2, 0.25) is 0 Å². The van der Waals surface area contributed by atoms with Crippen LogP contribution in [0.3, 0.4) is 0 Å². The maximum absolute atomic E-state index is 7.80. The first-order chi connectivity index (χ1) is 65.4. The third-order valence-corrected chi connectivity index (χ3v) is 28.9. The Balaban J connectivity index is 0.684. The van der Waals surface area contributed by atoms with Gasteiger partial charge in [0.05, 0.1) is 55.1 Å². The second kappa shape index (κ2) is 28.1. The minimum Gasteiger partial charge on any atom is -0.455 e. The quantitative estimate of drug-likeness (QED) is 0.113. The van der Waals surface area contributed by atoms with E-state index in [4.69, 9.17) is 17.7 Å². The predicted octanol–water partition coefficient (Wildman–Crippen LogP) is 34.1. The van der Waals surface area contributed by atoms with Crippen molar-refractivity contribution in [3.63, 3.8) is 0 Å². The highest BCUT2D eigenvalue weighted by molar-refractivity contribution is 6.28. The molecule has 4 aromatic heterocycles. The molecule has 0 fully saturated rings. The van der Waals surface area contributed by atoms with Crippen LogP contribution in [0.5, 0.6) is 0 Å². The largest absolute Gasteiger partial charge is 0.455 e. The first-order valence-electron chi connectivity index (χ1n) is 45.4. The van der Waals surface area contributed by atoms with Gasteiger partial charge in [0, 0.05) is 89.3 Å². The van der Waals surface area contributed by atoms with E-state index in [2.05, 4.69) is 470 Å². The monoisotopic (exact) mass is 1690 g/mol. The molecule has 0 saturated carbocycles. The van der Waals surface area contributed by atoms with E-state index in [0.717, 1.165) is 223 Å². The SMILES string of the molecule is Cc1ccccc1N(c1ccccc1)c1cc2c(c3oc4ccccc4c13)-c1c(cc(N(c3ccccc3)c3cccc(-c4cccc(N(c5ccccc5)c5cc6c(c7oc8ccccc8c57)-c5c(cc(N(c7ccccc7)c7ccccc7)c7c5oc5ccccc57)C65c6ccccc6-c6ccccc65)c4)c3C)c3c1oc1ccccc13)C21c2ccccc2-c2ccccc21. The molecule has 2 spiro atoms. The van der Waals surface area contributed by atoms with Crippen LogP contribution in [-0.2, 0) is 10.8 Å². The molecule has 0 amide bonds. The van der Waals surface area contributed by atoms with Crippen LogP contribution in [0.2, 0.25) is 0 Å². The summed E-state index contributed by atoms with van der Waals surface area (Å²) in [6.07, 6.45) is 0. The molecule has 0 bridgehead atoms. The number of benzene rings is 20. The summed E-state index contributed by atoms with van der Waals surface area (Å²) in [6, 6.07) is 160. The molecule has 0 atom stereocenters. The molecule has 8 heteroatoms. The molecule has 0 saturated heterocycles. The maximum atomic E-state index is 7.80. The summed E-state index contributed by atoms with van der Waals surface area (Å²) in [7, 11) is 0. The molecule has 8 nitrogen and oxygen atoms in total. The van der Waals surface area contributed by atoms with Gasteiger partial charge in [0.1, 0.15) is 44.7 Å². The van der Waals surface area contributed by atoms with Gasteiger partial charge in [-0.05, 0) is 236 Å². The standard InChI is InChI=1S/C124H78N4O4/c1-75-38-18-31-64-101(75)127(81-46-14-6-15-47-81)105-73-99-117(121-113(105)91-57-25-34-68-109(91)131-121)118-100(124(99)95-62-29-21-53-87(95)88-54-22-30-63-96(88)124)74-106(114-92-58-26-35-69-110(92)132-122(114)118)128(82-48-16-7-17-49-82)102-65-37-59-84(76(102)2)77-39-36-50-83(70-77)126(80-44-12-5-13-45-80)104-72-98-116(120-112(104)90-56-24-33-67-108(90)130-120)115-97(123(98)93-60-27-19-51-85(93)86-52-20-28-61-94(86)123)71-103(111-89-55-23-32-66-107(89)129-119(111)115)125(78-40-8-3-9-41-78)79-42-10-4-11-43-79/h3-74H,1-2H3. The number of aryl methyl sites for hydroxylation is 1. The topological polar surface area (TPSA) is 65.5 Å². The van der Waals surface area contributed by atoms with E-state index >= 15 is 0 Å². The third kappa shape index (κ3) is 10.1. The van der Waals surface area contributed by atoms with Crippen molar-refractivity contribution in [2.45, 2.75) is 24.7 Å². The zero-order valence-corrected chi connectivity index (χ0v) is 72.0. The molecule has 28 rings (SSSR count). The van der Waals surface area contributed by atoms with Crippen LogP contribution in [0.25, 0.3) is 143 Å². The van der Waals surface area contributed by atoms with Crippen LogP contribution < -0.4 is 19.6 Å². The first kappa shape index (κ1) is 73.9. The van der Waals surface area contributed by atoms with Gasteiger partial charge in [0.25, 0.3) is 0 Å². The van der Waals surface area contributed by atoms with Crippen LogP contribution in [0, 0.1) is 13.8 Å². The Kier molecular flexibility index (Phi) is 15.8. The normalized spacial score (nSPS) is 13.2.